The number of amides is 1. The van der Waals surface area contributed by atoms with Gasteiger partial charge in [-0.15, -0.1) is 0 Å². The number of nitrogens with one attached hydrogen (secondary N) is 2. The normalized spacial score (nSPS) is 11.0. The third-order valence-corrected chi connectivity index (χ3v) is 6.88. The molecular weight excluding hydrogens is 452 g/mol. The van der Waals surface area contributed by atoms with Gasteiger partial charge in [0.1, 0.15) is 10.6 Å². The molecule has 3 rings (SSSR count). The molecule has 0 heterocycles. The minimum atomic E-state index is -3.85. The van der Waals surface area contributed by atoms with E-state index in [2.05, 4.69) is 10.6 Å². The summed E-state index contributed by atoms with van der Waals surface area (Å²) >= 11 is 6.10. The molecule has 0 aliphatic rings. The van der Waals surface area contributed by atoms with E-state index in [4.69, 9.17) is 21.1 Å². The van der Waals surface area contributed by atoms with Gasteiger partial charge >= 0.3 is 0 Å². The summed E-state index contributed by atoms with van der Waals surface area (Å²) in [5.41, 5.74) is 1.18. The molecule has 2 N–H and O–H groups in total. The van der Waals surface area contributed by atoms with Gasteiger partial charge < -0.3 is 20.1 Å². The van der Waals surface area contributed by atoms with Crippen molar-refractivity contribution in [3.05, 3.63) is 77.3 Å². The zero-order valence-corrected chi connectivity index (χ0v) is 19.2. The maximum absolute atomic E-state index is 13.2. The number of methoxy groups -OCH3 is 2. The van der Waals surface area contributed by atoms with Crippen LogP contribution in [0.2, 0.25) is 5.02 Å². The lowest BCUT2D eigenvalue weighted by Gasteiger charge is -2.15. The van der Waals surface area contributed by atoms with Crippen LogP contribution in [0.15, 0.2) is 76.5 Å². The van der Waals surface area contributed by atoms with E-state index in [1.165, 1.54) is 32.4 Å². The number of benzene rings is 3. The smallest absolute Gasteiger partial charge is 0.239 e. The second-order valence-corrected chi connectivity index (χ2v) is 9.06. The summed E-state index contributed by atoms with van der Waals surface area (Å²) in [4.78, 5) is 12.4. The van der Waals surface area contributed by atoms with Crippen LogP contribution < -0.4 is 20.1 Å². The van der Waals surface area contributed by atoms with E-state index in [-0.39, 0.29) is 34.5 Å². The fraction of sp³-hybridized carbons (Fsp3) is 0.174. The number of para-hydroxylation sites is 1. The van der Waals surface area contributed by atoms with E-state index >= 15 is 0 Å². The fourth-order valence-corrected chi connectivity index (χ4v) is 4.68. The van der Waals surface area contributed by atoms with Crippen molar-refractivity contribution in [1.29, 1.82) is 0 Å². The van der Waals surface area contributed by atoms with Gasteiger partial charge in [0.25, 0.3) is 0 Å². The van der Waals surface area contributed by atoms with Crippen molar-refractivity contribution >= 4 is 33.0 Å². The van der Waals surface area contributed by atoms with Crippen LogP contribution in [0.1, 0.15) is 5.56 Å². The first-order valence-corrected chi connectivity index (χ1v) is 11.5. The van der Waals surface area contributed by atoms with Gasteiger partial charge in [0.05, 0.1) is 31.3 Å². The molecule has 0 bridgehead atoms. The summed E-state index contributed by atoms with van der Waals surface area (Å²) in [5.74, 6) is 0.395. The topological polar surface area (TPSA) is 93.7 Å². The molecule has 0 saturated carbocycles. The van der Waals surface area contributed by atoms with Gasteiger partial charge in [-0.2, -0.15) is 0 Å². The van der Waals surface area contributed by atoms with Gasteiger partial charge in [-0.25, -0.2) is 8.42 Å². The molecule has 7 nitrogen and oxygen atoms in total. The van der Waals surface area contributed by atoms with Gasteiger partial charge in [0.2, 0.25) is 15.7 Å². The molecule has 0 unspecified atom stereocenters. The molecule has 0 aliphatic heterocycles. The number of hydrogen-bond donors (Lipinski definition) is 2. The molecule has 3 aromatic carbocycles. The van der Waals surface area contributed by atoms with Crippen molar-refractivity contribution in [2.75, 3.05) is 26.1 Å². The van der Waals surface area contributed by atoms with E-state index in [0.29, 0.717) is 16.5 Å². The molecule has 1 amide bonds. The molecule has 3 aromatic rings. The maximum Gasteiger partial charge on any atom is 0.239 e. The van der Waals surface area contributed by atoms with Crippen LogP contribution in [0, 0.1) is 0 Å². The number of rotatable bonds is 9. The summed E-state index contributed by atoms with van der Waals surface area (Å²) in [5, 5.41) is 6.28. The summed E-state index contributed by atoms with van der Waals surface area (Å²) in [7, 11) is -0.968. The van der Waals surface area contributed by atoms with E-state index in [9.17, 15) is 13.2 Å². The Bertz CT molecular complexity index is 1200. The quantitative estimate of drug-likeness (QED) is 0.488. The molecule has 0 saturated heterocycles. The number of sulfone groups is 1. The number of anilines is 1. The zero-order valence-electron chi connectivity index (χ0n) is 17.6. The summed E-state index contributed by atoms with van der Waals surface area (Å²) < 4.78 is 36.8. The van der Waals surface area contributed by atoms with Crippen LogP contribution in [0.4, 0.5) is 5.69 Å². The molecule has 0 aromatic heterocycles. The average molecular weight is 475 g/mol. The Morgan fingerprint density at radius 1 is 0.938 bits per heavy atom. The molecular formula is C23H23ClN2O5S. The SMILES string of the molecule is COc1ccc(S(=O)(=O)c2cccc(NCC(=O)NCc3ccccc3Cl)c2OC)cc1. The maximum atomic E-state index is 13.2. The number of halogens is 1. The standard InChI is InChI=1S/C23H23ClN2O5S/c1-30-17-10-12-18(13-11-17)32(28,29)21-9-5-8-20(23(21)31-2)25-15-22(27)26-14-16-6-3-4-7-19(16)24/h3-13,25H,14-15H2,1-2H3,(H,26,27). The zero-order chi connectivity index (χ0) is 23.1. The average Bonchev–Trinajstić information content (AvgIpc) is 2.81. The van der Waals surface area contributed by atoms with Crippen molar-refractivity contribution in [3.8, 4) is 11.5 Å². The highest BCUT2D eigenvalue weighted by Crippen LogP contribution is 2.35. The van der Waals surface area contributed by atoms with Crippen LogP contribution in [0.25, 0.3) is 0 Å². The Morgan fingerprint density at radius 3 is 2.31 bits per heavy atom. The van der Waals surface area contributed by atoms with Crippen LogP contribution in [0.5, 0.6) is 11.5 Å². The van der Waals surface area contributed by atoms with Gasteiger partial charge in [-0.05, 0) is 48.0 Å². The first-order chi connectivity index (χ1) is 15.4. The van der Waals surface area contributed by atoms with Gasteiger partial charge in [-0.1, -0.05) is 35.9 Å². The van der Waals surface area contributed by atoms with Crippen molar-refractivity contribution in [2.24, 2.45) is 0 Å². The van der Waals surface area contributed by atoms with Crippen molar-refractivity contribution < 1.29 is 22.7 Å². The van der Waals surface area contributed by atoms with Crippen molar-refractivity contribution in [1.82, 2.24) is 5.32 Å². The predicted molar refractivity (Wildman–Crippen MR) is 123 cm³/mol. The number of carbonyl (C=O) groups excluding carboxylic acids is 1. The molecule has 0 aliphatic carbocycles. The molecule has 9 heteroatoms. The van der Waals surface area contributed by atoms with Crippen molar-refractivity contribution in [2.45, 2.75) is 16.3 Å². The lowest BCUT2D eigenvalue weighted by molar-refractivity contribution is -0.119. The number of hydrogen-bond acceptors (Lipinski definition) is 6. The van der Waals surface area contributed by atoms with Crippen LogP contribution in [-0.2, 0) is 21.2 Å². The minimum Gasteiger partial charge on any atom is -0.497 e. The van der Waals surface area contributed by atoms with Gasteiger partial charge in [-0.3, -0.25) is 4.79 Å². The number of carbonyl (C=O) groups is 1. The third kappa shape index (κ3) is 5.33. The Labute approximate surface area is 192 Å². The fourth-order valence-electron chi connectivity index (χ4n) is 3.03. The highest BCUT2D eigenvalue weighted by Gasteiger charge is 2.24. The molecule has 0 radical (unpaired) electrons. The van der Waals surface area contributed by atoms with E-state index in [0.717, 1.165) is 5.56 Å². The summed E-state index contributed by atoms with van der Waals surface area (Å²) in [6, 6.07) is 18.0. The molecule has 0 atom stereocenters. The van der Waals surface area contributed by atoms with Gasteiger partial charge in [0.15, 0.2) is 5.75 Å². The van der Waals surface area contributed by atoms with Crippen LogP contribution in [-0.4, -0.2) is 35.1 Å². The van der Waals surface area contributed by atoms with Gasteiger partial charge in [0, 0.05) is 11.6 Å². The lowest BCUT2D eigenvalue weighted by atomic mass is 10.2. The Kier molecular flexibility index (Phi) is 7.61. The van der Waals surface area contributed by atoms with Crippen LogP contribution in [0.3, 0.4) is 0 Å². The Morgan fingerprint density at radius 2 is 1.66 bits per heavy atom. The first kappa shape index (κ1) is 23.4. The van der Waals surface area contributed by atoms with E-state index in [1.807, 2.05) is 18.2 Å². The third-order valence-electron chi connectivity index (χ3n) is 4.72. The van der Waals surface area contributed by atoms with E-state index < -0.39 is 9.84 Å². The first-order valence-electron chi connectivity index (χ1n) is 9.67. The Balaban J connectivity index is 1.75. The van der Waals surface area contributed by atoms with Crippen LogP contribution >= 0.6 is 11.6 Å². The van der Waals surface area contributed by atoms with E-state index in [1.54, 1.807) is 30.3 Å². The second kappa shape index (κ2) is 10.4. The molecule has 32 heavy (non-hydrogen) atoms. The predicted octanol–water partition coefficient (Wildman–Crippen LogP) is 3.92. The molecule has 0 spiro atoms. The highest BCUT2D eigenvalue weighted by molar-refractivity contribution is 7.91. The minimum absolute atomic E-state index is 0.00774. The van der Waals surface area contributed by atoms with Crippen molar-refractivity contribution in [3.63, 3.8) is 0 Å². The largest absolute Gasteiger partial charge is 0.497 e. The number of ether oxygens (including phenoxy) is 2. The monoisotopic (exact) mass is 474 g/mol. The summed E-state index contributed by atoms with van der Waals surface area (Å²) in [6.45, 7) is 0.204. The summed E-state index contributed by atoms with van der Waals surface area (Å²) in [6.07, 6.45) is 0. The lowest BCUT2D eigenvalue weighted by Crippen LogP contribution is -2.29. The molecule has 168 valence electrons. The highest BCUT2D eigenvalue weighted by atomic mass is 35.5. The molecule has 0 fully saturated rings. The second-order valence-electron chi connectivity index (χ2n) is 6.74. The Hall–Kier alpha value is -3.23.